The summed E-state index contributed by atoms with van der Waals surface area (Å²) in [6.45, 7) is 6.61. The molecule has 0 fully saturated rings. The molecule has 0 aliphatic carbocycles. The summed E-state index contributed by atoms with van der Waals surface area (Å²) < 4.78 is 16.8. The van der Waals surface area contributed by atoms with Crippen molar-refractivity contribution in [2.45, 2.75) is 297 Å². The van der Waals surface area contributed by atoms with Crippen LogP contribution in [0.5, 0.6) is 0 Å². The molecule has 0 aliphatic heterocycles. The number of hydrogen-bond acceptors (Lipinski definition) is 6. The van der Waals surface area contributed by atoms with E-state index >= 15 is 0 Å². The fraction of sp³-hybridized carbons (Fsp3) is 0.814. The minimum atomic E-state index is -0.781. The van der Waals surface area contributed by atoms with Crippen LogP contribution in [-0.4, -0.2) is 37.2 Å². The van der Waals surface area contributed by atoms with Gasteiger partial charge in [0, 0.05) is 19.3 Å². The van der Waals surface area contributed by atoms with E-state index in [0.717, 1.165) is 96.3 Å². The molecule has 0 N–H and O–H groups in total. The minimum Gasteiger partial charge on any atom is -0.462 e. The fourth-order valence-electron chi connectivity index (χ4n) is 8.03. The van der Waals surface area contributed by atoms with Crippen LogP contribution >= 0.6 is 0 Å². The Morgan fingerprint density at radius 3 is 0.892 bits per heavy atom. The number of hydrogen-bond donors (Lipinski definition) is 0. The average Bonchev–Trinajstić information content (AvgIpc) is 3.30. The molecule has 0 aromatic heterocycles. The largest absolute Gasteiger partial charge is 0.462 e. The van der Waals surface area contributed by atoms with E-state index in [4.69, 9.17) is 14.2 Å². The summed E-state index contributed by atoms with van der Waals surface area (Å²) in [5.74, 6) is -0.888. The molecule has 6 heteroatoms. The molecule has 0 saturated heterocycles. The van der Waals surface area contributed by atoms with Gasteiger partial charge in [-0.2, -0.15) is 0 Å². The Kier molecular flexibility index (Phi) is 51.8. The normalized spacial score (nSPS) is 12.4. The average molecular weight is 911 g/mol. The number of carbonyl (C=O) groups is 3. The summed E-state index contributed by atoms with van der Waals surface area (Å²) >= 11 is 0. The Balaban J connectivity index is 4.38. The maximum Gasteiger partial charge on any atom is 0.306 e. The molecule has 0 aromatic carbocycles. The summed E-state index contributed by atoms with van der Waals surface area (Å²) in [5, 5.41) is 0. The van der Waals surface area contributed by atoms with Gasteiger partial charge in [0.1, 0.15) is 13.2 Å². The van der Waals surface area contributed by atoms with Gasteiger partial charge in [-0.25, -0.2) is 0 Å². The summed E-state index contributed by atoms with van der Waals surface area (Å²) in [5.41, 5.74) is 0. The number of esters is 3. The lowest BCUT2D eigenvalue weighted by atomic mass is 10.0. The lowest BCUT2D eigenvalue weighted by molar-refractivity contribution is -0.167. The van der Waals surface area contributed by atoms with E-state index < -0.39 is 6.10 Å². The third kappa shape index (κ3) is 52.2. The molecule has 6 nitrogen and oxygen atoms in total. The van der Waals surface area contributed by atoms with Crippen LogP contribution in [0.3, 0.4) is 0 Å². The monoisotopic (exact) mass is 911 g/mol. The van der Waals surface area contributed by atoms with E-state index in [1.807, 2.05) is 0 Å². The smallest absolute Gasteiger partial charge is 0.306 e. The van der Waals surface area contributed by atoms with Crippen molar-refractivity contribution in [3.05, 3.63) is 48.6 Å². The first-order chi connectivity index (χ1) is 32.0. The topological polar surface area (TPSA) is 78.9 Å². The van der Waals surface area contributed by atoms with Crippen molar-refractivity contribution < 1.29 is 28.6 Å². The molecule has 0 saturated carbocycles. The van der Waals surface area contributed by atoms with E-state index in [-0.39, 0.29) is 31.1 Å². The van der Waals surface area contributed by atoms with E-state index in [2.05, 4.69) is 69.4 Å². The zero-order valence-corrected chi connectivity index (χ0v) is 43.3. The van der Waals surface area contributed by atoms with Gasteiger partial charge in [-0.05, 0) is 83.5 Å². The Bertz CT molecular complexity index is 1140. The van der Waals surface area contributed by atoms with E-state index in [1.165, 1.54) is 154 Å². The van der Waals surface area contributed by atoms with Gasteiger partial charge in [-0.1, -0.05) is 236 Å². The molecule has 1 unspecified atom stereocenters. The maximum absolute atomic E-state index is 12.8. The molecular weight excluding hydrogens is 805 g/mol. The third-order valence-corrected chi connectivity index (χ3v) is 12.3. The first-order valence-electron chi connectivity index (χ1n) is 28.1. The molecule has 0 aliphatic rings. The van der Waals surface area contributed by atoms with Crippen LogP contribution in [0.15, 0.2) is 48.6 Å². The lowest BCUT2D eigenvalue weighted by Gasteiger charge is -2.18. The lowest BCUT2D eigenvalue weighted by Crippen LogP contribution is -2.30. The van der Waals surface area contributed by atoms with Crippen molar-refractivity contribution >= 4 is 17.9 Å². The minimum absolute atomic E-state index is 0.0787. The summed E-state index contributed by atoms with van der Waals surface area (Å²) in [7, 11) is 0. The van der Waals surface area contributed by atoms with E-state index in [1.54, 1.807) is 0 Å². The predicted octanol–water partition coefficient (Wildman–Crippen LogP) is 18.7. The summed E-state index contributed by atoms with van der Waals surface area (Å²) in [6, 6.07) is 0. The second-order valence-electron chi connectivity index (χ2n) is 18.8. The Morgan fingerprint density at radius 1 is 0.308 bits per heavy atom. The summed E-state index contributed by atoms with van der Waals surface area (Å²) in [4.78, 5) is 38.1. The molecule has 1 atom stereocenters. The van der Waals surface area contributed by atoms with Gasteiger partial charge >= 0.3 is 17.9 Å². The molecule has 378 valence electrons. The molecule has 0 rings (SSSR count). The van der Waals surface area contributed by atoms with E-state index in [0.29, 0.717) is 19.3 Å². The zero-order chi connectivity index (χ0) is 47.2. The molecular formula is C59H106O6. The van der Waals surface area contributed by atoms with Gasteiger partial charge in [0.05, 0.1) is 0 Å². The van der Waals surface area contributed by atoms with Gasteiger partial charge in [0.25, 0.3) is 0 Å². The van der Waals surface area contributed by atoms with Gasteiger partial charge < -0.3 is 14.2 Å². The Hall–Kier alpha value is -2.63. The molecule has 0 spiro atoms. The maximum atomic E-state index is 12.8. The van der Waals surface area contributed by atoms with Crippen molar-refractivity contribution in [3.8, 4) is 0 Å². The second kappa shape index (κ2) is 54.0. The number of carbonyl (C=O) groups excluding carboxylic acids is 3. The highest BCUT2D eigenvalue weighted by atomic mass is 16.6. The zero-order valence-electron chi connectivity index (χ0n) is 43.3. The molecule has 0 bridgehead atoms. The van der Waals surface area contributed by atoms with Crippen LogP contribution in [0.2, 0.25) is 0 Å². The second-order valence-corrected chi connectivity index (χ2v) is 18.8. The predicted molar refractivity (Wildman–Crippen MR) is 279 cm³/mol. The number of unbranched alkanes of at least 4 members (excludes halogenated alkanes) is 32. The van der Waals surface area contributed by atoms with Gasteiger partial charge in [-0.15, -0.1) is 0 Å². The highest BCUT2D eigenvalue weighted by molar-refractivity contribution is 5.71. The van der Waals surface area contributed by atoms with Crippen molar-refractivity contribution in [2.75, 3.05) is 13.2 Å². The summed E-state index contributed by atoms with van der Waals surface area (Å²) in [6.07, 6.45) is 65.2. The van der Waals surface area contributed by atoms with E-state index in [9.17, 15) is 14.4 Å². The molecule has 0 radical (unpaired) electrons. The Labute approximate surface area is 403 Å². The molecule has 65 heavy (non-hydrogen) atoms. The first-order valence-corrected chi connectivity index (χ1v) is 28.1. The molecule has 0 amide bonds. The third-order valence-electron chi connectivity index (χ3n) is 12.3. The van der Waals surface area contributed by atoms with Crippen LogP contribution in [0.1, 0.15) is 290 Å². The van der Waals surface area contributed by atoms with Crippen molar-refractivity contribution in [3.63, 3.8) is 0 Å². The van der Waals surface area contributed by atoms with Crippen molar-refractivity contribution in [1.29, 1.82) is 0 Å². The first kappa shape index (κ1) is 62.4. The van der Waals surface area contributed by atoms with Gasteiger partial charge in [0.15, 0.2) is 6.10 Å². The van der Waals surface area contributed by atoms with Crippen molar-refractivity contribution in [2.24, 2.45) is 0 Å². The Morgan fingerprint density at radius 2 is 0.554 bits per heavy atom. The number of ether oxygens (including phenoxy) is 3. The standard InChI is InChI=1S/C59H106O6/c1-4-7-10-13-16-19-22-25-28-29-30-32-34-37-40-43-46-49-52-58(61)64-55-56(54-63-57(60)51-48-45-42-39-36-33-27-24-21-18-15-12-9-6-3)65-59(62)53-50-47-44-41-38-35-31-26-23-20-17-14-11-8-5-2/h17,19-20,22,26,28-29,31,56H,4-16,18,21,23-25,27,30,32-55H2,1-3H3/b20-17-,22-19-,29-28-,31-26-. The quantitative estimate of drug-likeness (QED) is 0.0262. The van der Waals surface area contributed by atoms with Crippen LogP contribution in [0, 0.1) is 0 Å². The van der Waals surface area contributed by atoms with Crippen LogP contribution in [0.25, 0.3) is 0 Å². The molecule has 0 heterocycles. The fourth-order valence-corrected chi connectivity index (χ4v) is 8.03. The SMILES string of the molecule is CCCCC/C=C\C/C=C\CCCCCCCC(=O)OC(COC(=O)CCCCCCCCC/C=C\C/C=C\CCCCCC)COC(=O)CCCCCCCCCCCCCCCC. The number of allylic oxidation sites excluding steroid dienone is 8. The van der Waals surface area contributed by atoms with Gasteiger partial charge in [-0.3, -0.25) is 14.4 Å². The highest BCUT2D eigenvalue weighted by Crippen LogP contribution is 2.16. The number of rotatable bonds is 51. The van der Waals surface area contributed by atoms with Crippen molar-refractivity contribution in [1.82, 2.24) is 0 Å². The van der Waals surface area contributed by atoms with Crippen LogP contribution in [-0.2, 0) is 28.6 Å². The van der Waals surface area contributed by atoms with Gasteiger partial charge in [0.2, 0.25) is 0 Å². The van der Waals surface area contributed by atoms with Crippen LogP contribution in [0.4, 0.5) is 0 Å². The highest BCUT2D eigenvalue weighted by Gasteiger charge is 2.19. The van der Waals surface area contributed by atoms with Crippen LogP contribution < -0.4 is 0 Å². The molecule has 0 aromatic rings.